The Balaban J connectivity index is 1.31. The molecule has 232 valence electrons. The summed E-state index contributed by atoms with van der Waals surface area (Å²) < 4.78 is 48.8. The Morgan fingerprint density at radius 1 is 0.932 bits per heavy atom. The smallest absolute Gasteiger partial charge is 0.306 e. The molecule has 0 radical (unpaired) electrons. The highest BCUT2D eigenvalue weighted by molar-refractivity contribution is 7.21. The number of hydrogen-bond donors (Lipinski definition) is 1. The minimum atomic E-state index is -1.08. The molecule has 44 heavy (non-hydrogen) atoms. The van der Waals surface area contributed by atoms with Crippen LogP contribution in [0.5, 0.6) is 17.2 Å². The summed E-state index contributed by atoms with van der Waals surface area (Å²) in [4.78, 5) is 48.8. The van der Waals surface area contributed by atoms with E-state index in [2.05, 4.69) is 0 Å². The molecule has 3 atom stereocenters. The van der Waals surface area contributed by atoms with E-state index in [4.69, 9.17) is 19.3 Å². The van der Waals surface area contributed by atoms with Crippen molar-refractivity contribution >= 4 is 66.2 Å². The van der Waals surface area contributed by atoms with Gasteiger partial charge in [0.25, 0.3) is 0 Å². The second-order valence-electron chi connectivity index (χ2n) is 10.9. The zero-order chi connectivity index (χ0) is 31.9. The van der Waals surface area contributed by atoms with E-state index >= 15 is 8.78 Å². The van der Waals surface area contributed by atoms with Crippen LogP contribution in [-0.4, -0.2) is 49.3 Å². The van der Waals surface area contributed by atoms with E-state index in [0.29, 0.717) is 20.7 Å². The van der Waals surface area contributed by atoms with Gasteiger partial charge in [0.2, 0.25) is 0 Å². The highest BCUT2D eigenvalue weighted by Gasteiger charge is 2.46. The van der Waals surface area contributed by atoms with E-state index in [9.17, 15) is 19.2 Å². The number of carboxylic acid groups (broad SMARTS) is 1. The predicted octanol–water partition coefficient (Wildman–Crippen LogP) is 7.12. The van der Waals surface area contributed by atoms with Crippen molar-refractivity contribution in [3.63, 3.8) is 0 Å². The molecule has 12 heteroatoms. The number of thiophene rings is 2. The maximum Gasteiger partial charge on any atom is 0.306 e. The van der Waals surface area contributed by atoms with Crippen molar-refractivity contribution in [3.05, 3.63) is 51.2 Å². The van der Waals surface area contributed by atoms with E-state index in [-0.39, 0.29) is 93.5 Å². The lowest BCUT2D eigenvalue weighted by Crippen LogP contribution is -2.13. The van der Waals surface area contributed by atoms with Gasteiger partial charge in [-0.15, -0.1) is 22.7 Å². The quantitative estimate of drug-likeness (QED) is 0.114. The number of Topliss-reactive ketones (excluding diaryl/α,β-unsaturated/α-hetero) is 3. The van der Waals surface area contributed by atoms with Crippen molar-refractivity contribution < 1.29 is 47.3 Å². The van der Waals surface area contributed by atoms with Crippen LogP contribution in [0.1, 0.15) is 58.0 Å². The van der Waals surface area contributed by atoms with E-state index in [1.807, 2.05) is 0 Å². The minimum absolute atomic E-state index is 0.0121. The predicted molar refractivity (Wildman–Crippen MR) is 163 cm³/mol. The van der Waals surface area contributed by atoms with Gasteiger partial charge in [-0.05, 0) is 44.4 Å². The summed E-state index contributed by atoms with van der Waals surface area (Å²) in [5.41, 5.74) is 0.270. The Morgan fingerprint density at radius 2 is 1.55 bits per heavy atom. The summed E-state index contributed by atoms with van der Waals surface area (Å²) in [6.45, 7) is 2.92. The molecule has 0 unspecified atom stereocenters. The number of carbonyl (C=O) groups is 4. The maximum atomic E-state index is 15.6. The van der Waals surface area contributed by atoms with Crippen molar-refractivity contribution in [2.75, 3.05) is 20.8 Å². The molecule has 5 rings (SSSR count). The summed E-state index contributed by atoms with van der Waals surface area (Å²) in [5.74, 6) is -4.05. The molecule has 2 heterocycles. The van der Waals surface area contributed by atoms with Gasteiger partial charge >= 0.3 is 5.97 Å². The van der Waals surface area contributed by atoms with Crippen LogP contribution in [0.2, 0.25) is 0 Å². The molecule has 2 aromatic heterocycles. The van der Waals surface area contributed by atoms with Gasteiger partial charge < -0.3 is 19.3 Å². The van der Waals surface area contributed by atoms with Crippen LogP contribution >= 0.6 is 22.7 Å². The average molecular weight is 645 g/mol. The standard InChI is InChI=1S/C32H30F2O8S2/c1-14(32(38)39)8-21(36)26-10-19-24(43-26)12-22(40-3)16(28(19)33)6-5-7-42-31-23(41-4)13-25-20(29(31)34)11-27(44-25)30(37)18-9-17(18)15(2)35/h10-14,17-18H,5-9H2,1-4H3,(H,38,39)/t14-,17-,18+/m0/s1. The zero-order valence-electron chi connectivity index (χ0n) is 24.5. The summed E-state index contributed by atoms with van der Waals surface area (Å²) in [5, 5.41) is 9.56. The van der Waals surface area contributed by atoms with Crippen molar-refractivity contribution in [1.29, 1.82) is 0 Å². The lowest BCUT2D eigenvalue weighted by atomic mass is 10.0. The van der Waals surface area contributed by atoms with Gasteiger partial charge in [0.05, 0.1) is 36.5 Å². The van der Waals surface area contributed by atoms with Gasteiger partial charge in [-0.3, -0.25) is 19.2 Å². The number of fused-ring (bicyclic) bond motifs is 2. The first-order valence-corrected chi connectivity index (χ1v) is 15.6. The summed E-state index contributed by atoms with van der Waals surface area (Å²) >= 11 is 2.22. The van der Waals surface area contributed by atoms with Gasteiger partial charge in [-0.2, -0.15) is 0 Å². The maximum absolute atomic E-state index is 15.6. The Bertz CT molecular complexity index is 1810. The monoisotopic (exact) mass is 644 g/mol. The van der Waals surface area contributed by atoms with Crippen LogP contribution in [0.4, 0.5) is 8.78 Å². The number of rotatable bonds is 14. The molecule has 1 fully saturated rings. The Hall–Kier alpha value is -3.90. The molecule has 1 aliphatic carbocycles. The third-order valence-corrected chi connectivity index (χ3v) is 10.1. The second-order valence-corrected chi connectivity index (χ2v) is 13.0. The fraction of sp³-hybridized carbons (Fsp3) is 0.375. The number of ether oxygens (including phenoxy) is 3. The van der Waals surface area contributed by atoms with E-state index in [0.717, 1.165) is 22.7 Å². The molecule has 0 amide bonds. The summed E-state index contributed by atoms with van der Waals surface area (Å²) in [7, 11) is 2.79. The first-order chi connectivity index (χ1) is 20.9. The normalized spacial score (nSPS) is 16.6. The van der Waals surface area contributed by atoms with Crippen molar-refractivity contribution in [2.45, 2.75) is 39.5 Å². The number of aliphatic carboxylic acids is 1. The largest absolute Gasteiger partial charge is 0.496 e. The molecule has 4 aromatic rings. The minimum Gasteiger partial charge on any atom is -0.496 e. The zero-order valence-corrected chi connectivity index (χ0v) is 26.1. The van der Waals surface area contributed by atoms with E-state index < -0.39 is 23.5 Å². The topological polar surface area (TPSA) is 116 Å². The number of hydrogen-bond acceptors (Lipinski definition) is 9. The van der Waals surface area contributed by atoms with Crippen molar-refractivity contribution in [2.24, 2.45) is 17.8 Å². The molecule has 1 aliphatic rings. The van der Waals surface area contributed by atoms with Crippen LogP contribution in [0.25, 0.3) is 20.2 Å². The van der Waals surface area contributed by atoms with Gasteiger partial charge in [0.15, 0.2) is 28.9 Å². The molecule has 0 saturated heterocycles. The molecule has 1 saturated carbocycles. The SMILES string of the molecule is COc1cc2sc(C(=O)C[C@H](C)C(=O)O)cc2c(F)c1CCCOc1c(OC)cc2sc(C(=O)[C@@H]3C[C@H]3C(C)=O)cc2c1F. The third kappa shape index (κ3) is 6.05. The average Bonchev–Trinajstić information content (AvgIpc) is 3.49. The molecule has 0 bridgehead atoms. The van der Waals surface area contributed by atoms with E-state index in [1.54, 1.807) is 12.1 Å². The number of carboxylic acids is 1. The Morgan fingerprint density at radius 3 is 2.16 bits per heavy atom. The van der Waals surface area contributed by atoms with Crippen molar-refractivity contribution in [3.8, 4) is 17.2 Å². The van der Waals surface area contributed by atoms with Gasteiger partial charge in [0.1, 0.15) is 17.3 Å². The van der Waals surface area contributed by atoms with Gasteiger partial charge in [-0.1, -0.05) is 6.92 Å². The highest BCUT2D eigenvalue weighted by Crippen LogP contribution is 2.45. The van der Waals surface area contributed by atoms with Crippen LogP contribution in [0.3, 0.4) is 0 Å². The molecule has 2 aromatic carbocycles. The first-order valence-electron chi connectivity index (χ1n) is 14.0. The number of methoxy groups -OCH3 is 2. The van der Waals surface area contributed by atoms with E-state index in [1.165, 1.54) is 40.2 Å². The van der Waals surface area contributed by atoms with Gasteiger partial charge in [-0.25, -0.2) is 8.78 Å². The van der Waals surface area contributed by atoms with Gasteiger partial charge in [0, 0.05) is 50.1 Å². The van der Waals surface area contributed by atoms with Crippen LogP contribution in [0.15, 0.2) is 24.3 Å². The fourth-order valence-electron chi connectivity index (χ4n) is 5.23. The third-order valence-electron chi connectivity index (χ3n) is 7.84. The lowest BCUT2D eigenvalue weighted by Gasteiger charge is -2.14. The Kier molecular flexibility index (Phi) is 9.03. The molecule has 8 nitrogen and oxygen atoms in total. The molecule has 0 spiro atoms. The molecular weight excluding hydrogens is 614 g/mol. The number of benzene rings is 2. The lowest BCUT2D eigenvalue weighted by molar-refractivity contribution is -0.141. The highest BCUT2D eigenvalue weighted by atomic mass is 32.1. The number of halogens is 2. The first kappa shape index (κ1) is 31.5. The van der Waals surface area contributed by atoms with Crippen LogP contribution < -0.4 is 14.2 Å². The van der Waals surface area contributed by atoms with Crippen molar-refractivity contribution in [1.82, 2.24) is 0 Å². The fourth-order valence-corrected chi connectivity index (χ4v) is 7.35. The van der Waals surface area contributed by atoms with Crippen LogP contribution in [-0.2, 0) is 16.0 Å². The second kappa shape index (κ2) is 12.6. The molecule has 1 N–H and O–H groups in total. The molecular formula is C32H30F2O8S2. The van der Waals surface area contributed by atoms with Crippen LogP contribution in [0, 0.1) is 29.4 Å². The summed E-state index contributed by atoms with van der Waals surface area (Å²) in [6, 6.07) is 6.17. The number of ketones is 3. The Labute approximate surface area is 259 Å². The number of carbonyl (C=O) groups excluding carboxylic acids is 3. The molecule has 0 aliphatic heterocycles. The summed E-state index contributed by atoms with van der Waals surface area (Å²) in [6.07, 6.45) is 0.786.